The fourth-order valence-electron chi connectivity index (χ4n) is 0.969. The van der Waals surface area contributed by atoms with E-state index in [0.29, 0.717) is 4.71 Å². The molecule has 2 rings (SSSR count). The minimum absolute atomic E-state index is 0.514. The minimum Gasteiger partial charge on any atom is -0.485 e. The molecule has 0 radical (unpaired) electrons. The van der Waals surface area contributed by atoms with E-state index in [2.05, 4.69) is 19.0 Å². The highest BCUT2D eigenvalue weighted by atomic mass is 32.2. The lowest BCUT2D eigenvalue weighted by molar-refractivity contribution is 0.258. The van der Waals surface area contributed by atoms with Crippen molar-refractivity contribution < 1.29 is 4.74 Å². The van der Waals surface area contributed by atoms with E-state index in [-0.39, 0.29) is 0 Å². The Kier molecular flexibility index (Phi) is 2.84. The number of nitrogens with zero attached hydrogens (tertiary/aromatic N) is 1. The highest BCUT2D eigenvalue weighted by molar-refractivity contribution is 8.32. The van der Waals surface area contributed by atoms with Crippen LogP contribution < -0.4 is 0 Å². The van der Waals surface area contributed by atoms with Gasteiger partial charge in [0.05, 0.1) is 10.8 Å². The second kappa shape index (κ2) is 3.74. The summed E-state index contributed by atoms with van der Waals surface area (Å²) in [7, 11) is 4.21. The molecule has 0 amide bonds. The summed E-state index contributed by atoms with van der Waals surface area (Å²) < 4.78 is 7.45. The molecule has 12 heavy (non-hydrogen) atoms. The van der Waals surface area contributed by atoms with Gasteiger partial charge in [-0.3, -0.25) is 4.90 Å². The molecular weight excluding hydrogens is 210 g/mol. The molecule has 0 aromatic rings. The molecule has 0 N–H and O–H groups in total. The van der Waals surface area contributed by atoms with Gasteiger partial charge in [-0.2, -0.15) is 0 Å². The average molecular weight is 221 g/mol. The smallest absolute Gasteiger partial charge is 0.175 e. The van der Waals surface area contributed by atoms with E-state index in [1.165, 1.54) is 4.24 Å². The summed E-state index contributed by atoms with van der Waals surface area (Å²) in [6.45, 7) is 0.872. The summed E-state index contributed by atoms with van der Waals surface area (Å²) >= 11 is 5.66. The lowest BCUT2D eigenvalue weighted by Crippen LogP contribution is -2.19. The second-order valence-corrected chi connectivity index (χ2v) is 6.58. The molecule has 5 heteroatoms. The van der Waals surface area contributed by atoms with Crippen molar-refractivity contribution in [1.82, 2.24) is 4.90 Å². The third-order valence-electron chi connectivity index (χ3n) is 1.55. The standard InChI is InChI=1S/C7H11NOS3/c1-8(2)7-11-5-6(12-7)10-4-3-9-5/h7H,3-4H2,1-2H3. The molecule has 0 aromatic carbocycles. The van der Waals surface area contributed by atoms with Crippen LogP contribution in [-0.2, 0) is 4.74 Å². The highest BCUT2D eigenvalue weighted by Crippen LogP contribution is 2.53. The predicted octanol–water partition coefficient (Wildman–Crippen LogP) is 2.20. The van der Waals surface area contributed by atoms with E-state index in [9.17, 15) is 0 Å². The maximum Gasteiger partial charge on any atom is 0.175 e. The highest BCUT2D eigenvalue weighted by Gasteiger charge is 2.31. The van der Waals surface area contributed by atoms with Gasteiger partial charge in [-0.1, -0.05) is 23.5 Å². The molecule has 0 spiro atoms. The molecule has 0 fully saturated rings. The van der Waals surface area contributed by atoms with Gasteiger partial charge in [-0.15, -0.1) is 11.8 Å². The van der Waals surface area contributed by atoms with E-state index < -0.39 is 0 Å². The lowest BCUT2D eigenvalue weighted by Gasteiger charge is -2.16. The van der Waals surface area contributed by atoms with Crippen LogP contribution in [0.15, 0.2) is 9.33 Å². The van der Waals surface area contributed by atoms with Crippen molar-refractivity contribution in [3.05, 3.63) is 9.33 Å². The zero-order valence-electron chi connectivity index (χ0n) is 7.07. The van der Waals surface area contributed by atoms with Gasteiger partial charge in [0.1, 0.15) is 4.71 Å². The van der Waals surface area contributed by atoms with E-state index in [1.54, 1.807) is 0 Å². The number of hydrogen-bond donors (Lipinski definition) is 0. The Labute approximate surface area is 85.5 Å². The van der Waals surface area contributed by atoms with E-state index >= 15 is 0 Å². The van der Waals surface area contributed by atoms with Crippen molar-refractivity contribution in [2.45, 2.75) is 4.71 Å². The third-order valence-corrected chi connectivity index (χ3v) is 6.03. The van der Waals surface area contributed by atoms with Crippen LogP contribution in [0.25, 0.3) is 0 Å². The molecule has 68 valence electrons. The second-order valence-electron chi connectivity index (χ2n) is 2.78. The SMILES string of the molecule is CN(C)C1SC2=C(SCCO2)S1. The lowest BCUT2D eigenvalue weighted by atomic mass is 10.8. The number of hydrogen-bond acceptors (Lipinski definition) is 5. The molecule has 0 saturated heterocycles. The van der Waals surface area contributed by atoms with Crippen molar-refractivity contribution >= 4 is 35.3 Å². The van der Waals surface area contributed by atoms with Crippen LogP contribution in [0.2, 0.25) is 0 Å². The maximum absolute atomic E-state index is 5.56. The third kappa shape index (κ3) is 1.73. The average Bonchev–Trinajstić information content (AvgIpc) is 2.46. The van der Waals surface area contributed by atoms with Crippen molar-refractivity contribution in [2.75, 3.05) is 26.5 Å². The Morgan fingerprint density at radius 1 is 1.42 bits per heavy atom. The first-order chi connectivity index (χ1) is 5.77. The zero-order chi connectivity index (χ0) is 8.55. The molecule has 0 aliphatic carbocycles. The summed E-state index contributed by atoms with van der Waals surface area (Å²) in [4.78, 5) is 2.22. The summed E-state index contributed by atoms with van der Waals surface area (Å²) in [5.41, 5.74) is 0. The summed E-state index contributed by atoms with van der Waals surface area (Å²) in [6, 6.07) is 0. The largest absolute Gasteiger partial charge is 0.485 e. The van der Waals surface area contributed by atoms with Gasteiger partial charge in [0.15, 0.2) is 5.09 Å². The molecule has 2 heterocycles. The first kappa shape index (κ1) is 9.12. The molecular formula is C7H11NOS3. The summed E-state index contributed by atoms with van der Waals surface area (Å²) in [5.74, 6) is 1.10. The molecule has 0 bridgehead atoms. The van der Waals surface area contributed by atoms with Crippen molar-refractivity contribution in [3.63, 3.8) is 0 Å². The summed E-state index contributed by atoms with van der Waals surface area (Å²) in [6.07, 6.45) is 0. The molecule has 1 unspecified atom stereocenters. The Hall–Kier alpha value is 0.550. The van der Waals surface area contributed by atoms with Crippen LogP contribution in [0.1, 0.15) is 0 Å². The van der Waals surface area contributed by atoms with Gasteiger partial charge in [-0.25, -0.2) is 0 Å². The van der Waals surface area contributed by atoms with Crippen molar-refractivity contribution in [1.29, 1.82) is 0 Å². The molecule has 2 aliphatic rings. The van der Waals surface area contributed by atoms with Crippen LogP contribution in [0, 0.1) is 0 Å². The van der Waals surface area contributed by atoms with Gasteiger partial charge < -0.3 is 4.74 Å². The van der Waals surface area contributed by atoms with E-state index in [0.717, 1.165) is 17.5 Å². The summed E-state index contributed by atoms with van der Waals surface area (Å²) in [5, 5.41) is 1.15. The molecule has 0 aromatic heterocycles. The topological polar surface area (TPSA) is 12.5 Å². The Bertz CT molecular complexity index is 199. The van der Waals surface area contributed by atoms with Crippen LogP contribution in [0.4, 0.5) is 0 Å². The van der Waals surface area contributed by atoms with Gasteiger partial charge in [0, 0.05) is 5.75 Å². The van der Waals surface area contributed by atoms with Gasteiger partial charge in [0.25, 0.3) is 0 Å². The Morgan fingerprint density at radius 3 is 2.92 bits per heavy atom. The number of rotatable bonds is 1. The van der Waals surface area contributed by atoms with E-state index in [1.807, 2.05) is 35.3 Å². The minimum atomic E-state index is 0.514. The fraction of sp³-hybridized carbons (Fsp3) is 0.714. The maximum atomic E-state index is 5.56. The molecule has 2 nitrogen and oxygen atoms in total. The zero-order valence-corrected chi connectivity index (χ0v) is 9.52. The van der Waals surface area contributed by atoms with Crippen LogP contribution in [0.3, 0.4) is 0 Å². The fourth-order valence-corrected chi connectivity index (χ4v) is 5.02. The van der Waals surface area contributed by atoms with Crippen LogP contribution in [0.5, 0.6) is 0 Å². The van der Waals surface area contributed by atoms with Crippen LogP contribution in [-0.4, -0.2) is 36.1 Å². The first-order valence-corrected chi connectivity index (χ1v) is 6.51. The molecule has 1 atom stereocenters. The van der Waals surface area contributed by atoms with E-state index in [4.69, 9.17) is 4.74 Å². The monoisotopic (exact) mass is 221 g/mol. The van der Waals surface area contributed by atoms with Gasteiger partial charge in [0.2, 0.25) is 0 Å². The molecule has 0 saturated carbocycles. The van der Waals surface area contributed by atoms with Crippen LogP contribution >= 0.6 is 35.3 Å². The Morgan fingerprint density at radius 2 is 2.25 bits per heavy atom. The quantitative estimate of drug-likeness (QED) is 0.671. The normalized spacial score (nSPS) is 29.1. The van der Waals surface area contributed by atoms with Gasteiger partial charge in [-0.05, 0) is 14.1 Å². The first-order valence-electron chi connectivity index (χ1n) is 3.77. The predicted molar refractivity (Wildman–Crippen MR) is 58.1 cm³/mol. The Balaban J connectivity index is 2.02. The number of thioether (sulfide) groups is 3. The van der Waals surface area contributed by atoms with Crippen molar-refractivity contribution in [2.24, 2.45) is 0 Å². The van der Waals surface area contributed by atoms with Crippen molar-refractivity contribution in [3.8, 4) is 0 Å². The van der Waals surface area contributed by atoms with Gasteiger partial charge >= 0.3 is 0 Å². The number of ether oxygens (including phenoxy) is 1. The molecule has 2 aliphatic heterocycles.